The first kappa shape index (κ1) is 15.4. The summed E-state index contributed by atoms with van der Waals surface area (Å²) in [4.78, 5) is 29.5. The number of benzene rings is 1. The van der Waals surface area contributed by atoms with Crippen LogP contribution in [0.3, 0.4) is 0 Å². The van der Waals surface area contributed by atoms with Crippen molar-refractivity contribution < 1.29 is 14.7 Å². The number of carboxylic acids is 1. The molecule has 0 aliphatic carbocycles. The van der Waals surface area contributed by atoms with Gasteiger partial charge in [-0.2, -0.15) is 0 Å². The number of pyridine rings is 1. The minimum Gasteiger partial charge on any atom is -0.478 e. The molecule has 1 aromatic carbocycles. The molecule has 0 bridgehead atoms. The summed E-state index contributed by atoms with van der Waals surface area (Å²) >= 11 is 6.45. The molecule has 114 valence electrons. The Kier molecular flexibility index (Phi) is 4.22. The van der Waals surface area contributed by atoms with Gasteiger partial charge in [-0.25, -0.2) is 4.79 Å². The number of carboxylic acid groups (broad SMARTS) is 1. The lowest BCUT2D eigenvalue weighted by Gasteiger charge is -2.14. The largest absolute Gasteiger partial charge is 0.478 e. The van der Waals surface area contributed by atoms with Crippen LogP contribution < -0.4 is 4.90 Å². The molecule has 2 heterocycles. The van der Waals surface area contributed by atoms with Crippen molar-refractivity contribution in [1.82, 2.24) is 4.98 Å². The molecule has 0 spiro atoms. The fourth-order valence-corrected chi connectivity index (χ4v) is 3.38. The minimum atomic E-state index is -1.05. The van der Waals surface area contributed by atoms with Crippen LogP contribution in [0.15, 0.2) is 53.7 Å². The molecule has 1 aliphatic rings. The van der Waals surface area contributed by atoms with E-state index in [2.05, 4.69) is 4.98 Å². The van der Waals surface area contributed by atoms with Crippen LogP contribution in [0.2, 0.25) is 0 Å². The van der Waals surface area contributed by atoms with E-state index in [9.17, 15) is 9.59 Å². The van der Waals surface area contributed by atoms with Gasteiger partial charge in [0.15, 0.2) is 4.32 Å². The van der Waals surface area contributed by atoms with Gasteiger partial charge in [-0.05, 0) is 35.9 Å². The molecule has 1 fully saturated rings. The van der Waals surface area contributed by atoms with Gasteiger partial charge in [0.2, 0.25) is 0 Å². The molecule has 7 heteroatoms. The number of aromatic nitrogens is 1. The topological polar surface area (TPSA) is 70.5 Å². The number of amides is 1. The highest BCUT2D eigenvalue weighted by molar-refractivity contribution is 8.27. The SMILES string of the molecule is O=C(O)c1cccc(N2C(=O)/C(=C/c3cccnc3)SC2=S)c1. The summed E-state index contributed by atoms with van der Waals surface area (Å²) in [5.74, 6) is -1.32. The van der Waals surface area contributed by atoms with E-state index in [1.165, 1.54) is 28.8 Å². The van der Waals surface area contributed by atoms with Gasteiger partial charge in [0.25, 0.3) is 5.91 Å². The van der Waals surface area contributed by atoms with Crippen molar-refractivity contribution in [3.8, 4) is 0 Å². The van der Waals surface area contributed by atoms with Crippen LogP contribution >= 0.6 is 24.0 Å². The number of nitrogens with zero attached hydrogens (tertiary/aromatic N) is 2. The van der Waals surface area contributed by atoms with E-state index in [4.69, 9.17) is 17.3 Å². The first-order valence-electron chi connectivity index (χ1n) is 6.57. The number of carbonyl (C=O) groups excluding carboxylic acids is 1. The monoisotopic (exact) mass is 342 g/mol. The second-order valence-corrected chi connectivity index (χ2v) is 6.33. The van der Waals surface area contributed by atoms with Crippen molar-refractivity contribution in [2.75, 3.05) is 4.90 Å². The van der Waals surface area contributed by atoms with E-state index < -0.39 is 5.97 Å². The highest BCUT2D eigenvalue weighted by atomic mass is 32.2. The maximum absolute atomic E-state index is 12.6. The molecule has 0 radical (unpaired) electrons. The number of hydrogen-bond acceptors (Lipinski definition) is 5. The molecule has 0 unspecified atom stereocenters. The third-order valence-corrected chi connectivity index (χ3v) is 4.43. The van der Waals surface area contributed by atoms with Crippen molar-refractivity contribution in [2.45, 2.75) is 0 Å². The fourth-order valence-electron chi connectivity index (χ4n) is 2.08. The smallest absolute Gasteiger partial charge is 0.335 e. The van der Waals surface area contributed by atoms with Gasteiger partial charge in [0.05, 0.1) is 16.2 Å². The highest BCUT2D eigenvalue weighted by Gasteiger charge is 2.33. The zero-order valence-electron chi connectivity index (χ0n) is 11.7. The van der Waals surface area contributed by atoms with Gasteiger partial charge < -0.3 is 5.11 Å². The molecule has 1 amide bonds. The zero-order valence-corrected chi connectivity index (χ0v) is 13.3. The average Bonchev–Trinajstić information content (AvgIpc) is 2.82. The zero-order chi connectivity index (χ0) is 16.4. The van der Waals surface area contributed by atoms with Crippen LogP contribution in [0, 0.1) is 0 Å². The minimum absolute atomic E-state index is 0.104. The molecule has 3 rings (SSSR count). The van der Waals surface area contributed by atoms with E-state index in [1.54, 1.807) is 36.7 Å². The number of hydrogen-bond donors (Lipinski definition) is 1. The van der Waals surface area contributed by atoms with Crippen molar-refractivity contribution in [3.63, 3.8) is 0 Å². The Bertz CT molecular complexity index is 834. The summed E-state index contributed by atoms with van der Waals surface area (Å²) in [6.45, 7) is 0. The number of anilines is 1. The van der Waals surface area contributed by atoms with Gasteiger partial charge in [-0.1, -0.05) is 36.1 Å². The number of rotatable bonds is 3. The summed E-state index contributed by atoms with van der Waals surface area (Å²) in [6, 6.07) is 9.76. The maximum atomic E-state index is 12.6. The number of thioether (sulfide) groups is 1. The molecule has 1 aromatic heterocycles. The Hall–Kier alpha value is -2.51. The van der Waals surface area contributed by atoms with Crippen molar-refractivity contribution in [2.24, 2.45) is 0 Å². The average molecular weight is 342 g/mol. The Morgan fingerprint density at radius 3 is 2.83 bits per heavy atom. The molecule has 23 heavy (non-hydrogen) atoms. The van der Waals surface area contributed by atoms with Gasteiger partial charge in [-0.3, -0.25) is 14.7 Å². The summed E-state index contributed by atoms with van der Waals surface area (Å²) in [5.41, 5.74) is 1.35. The van der Waals surface area contributed by atoms with Crippen LogP contribution in [0.5, 0.6) is 0 Å². The molecule has 5 nitrogen and oxygen atoms in total. The third-order valence-electron chi connectivity index (χ3n) is 3.13. The second-order valence-electron chi connectivity index (χ2n) is 4.66. The van der Waals surface area contributed by atoms with Crippen LogP contribution in [0.4, 0.5) is 5.69 Å². The molecular weight excluding hydrogens is 332 g/mol. The van der Waals surface area contributed by atoms with Gasteiger partial charge in [0.1, 0.15) is 0 Å². The van der Waals surface area contributed by atoms with E-state index in [-0.39, 0.29) is 11.5 Å². The summed E-state index contributed by atoms with van der Waals surface area (Å²) in [6.07, 6.45) is 5.02. The lowest BCUT2D eigenvalue weighted by molar-refractivity contribution is -0.113. The predicted molar refractivity (Wildman–Crippen MR) is 93.3 cm³/mol. The predicted octanol–water partition coefficient (Wildman–Crippen LogP) is 3.19. The Labute approximate surface area is 141 Å². The molecule has 1 N–H and O–H groups in total. The van der Waals surface area contributed by atoms with Crippen LogP contribution in [0.1, 0.15) is 15.9 Å². The third kappa shape index (κ3) is 3.15. The highest BCUT2D eigenvalue weighted by Crippen LogP contribution is 2.36. The van der Waals surface area contributed by atoms with E-state index in [0.29, 0.717) is 14.9 Å². The molecular formula is C16H10N2O3S2. The number of carbonyl (C=O) groups is 2. The lowest BCUT2D eigenvalue weighted by Crippen LogP contribution is -2.27. The van der Waals surface area contributed by atoms with Crippen LogP contribution in [-0.4, -0.2) is 26.3 Å². The lowest BCUT2D eigenvalue weighted by atomic mass is 10.2. The second kappa shape index (κ2) is 6.31. The molecule has 0 atom stereocenters. The van der Waals surface area contributed by atoms with E-state index in [1.807, 2.05) is 6.07 Å². The molecule has 1 saturated heterocycles. The van der Waals surface area contributed by atoms with E-state index >= 15 is 0 Å². The van der Waals surface area contributed by atoms with Crippen molar-refractivity contribution >= 4 is 51.9 Å². The fraction of sp³-hybridized carbons (Fsp3) is 0. The van der Waals surface area contributed by atoms with Crippen LogP contribution in [-0.2, 0) is 4.79 Å². The Balaban J connectivity index is 1.95. The van der Waals surface area contributed by atoms with Crippen LogP contribution in [0.25, 0.3) is 6.08 Å². The summed E-state index contributed by atoms with van der Waals surface area (Å²) in [7, 11) is 0. The summed E-state index contributed by atoms with van der Waals surface area (Å²) in [5, 5.41) is 9.07. The van der Waals surface area contributed by atoms with Gasteiger partial charge >= 0.3 is 5.97 Å². The number of aromatic carboxylic acids is 1. The Morgan fingerprint density at radius 1 is 1.30 bits per heavy atom. The maximum Gasteiger partial charge on any atom is 0.335 e. The standard InChI is InChI=1S/C16H10N2O3S2/c19-14-13(7-10-3-2-6-17-9-10)23-16(22)18(14)12-5-1-4-11(8-12)15(20)21/h1-9H,(H,20,21)/b13-7-. The molecule has 0 saturated carbocycles. The Morgan fingerprint density at radius 2 is 2.13 bits per heavy atom. The summed E-state index contributed by atoms with van der Waals surface area (Å²) < 4.78 is 0.368. The first-order chi connectivity index (χ1) is 11.1. The van der Waals surface area contributed by atoms with Gasteiger partial charge in [-0.15, -0.1) is 0 Å². The number of thiocarbonyl (C=S) groups is 1. The normalized spacial score (nSPS) is 16.2. The van der Waals surface area contributed by atoms with Gasteiger partial charge in [0, 0.05) is 12.4 Å². The first-order valence-corrected chi connectivity index (χ1v) is 7.80. The van der Waals surface area contributed by atoms with Crippen molar-refractivity contribution in [3.05, 3.63) is 64.8 Å². The van der Waals surface area contributed by atoms with Crippen molar-refractivity contribution in [1.29, 1.82) is 0 Å². The molecule has 1 aliphatic heterocycles. The molecule has 2 aromatic rings. The quantitative estimate of drug-likeness (QED) is 0.682. The van der Waals surface area contributed by atoms with E-state index in [0.717, 1.165) is 5.56 Å².